The van der Waals surface area contributed by atoms with Gasteiger partial charge in [0.1, 0.15) is 6.04 Å². The van der Waals surface area contributed by atoms with Crippen LogP contribution in [-0.4, -0.2) is 38.9 Å². The van der Waals surface area contributed by atoms with Gasteiger partial charge in [-0.3, -0.25) is 9.10 Å². The van der Waals surface area contributed by atoms with E-state index in [-0.39, 0.29) is 5.69 Å². The fraction of sp³-hybridized carbons (Fsp3) is 0.316. The smallest absolute Gasteiger partial charge is 0.243 e. The normalized spacial score (nSPS) is 12.4. The van der Waals surface area contributed by atoms with Gasteiger partial charge >= 0.3 is 0 Å². The number of thioether (sulfide) groups is 1. The fourth-order valence-electron chi connectivity index (χ4n) is 2.64. The molecule has 0 bridgehead atoms. The molecule has 0 unspecified atom stereocenters. The highest BCUT2D eigenvalue weighted by Crippen LogP contribution is 2.23. The highest BCUT2D eigenvalue weighted by Gasteiger charge is 2.29. The Labute approximate surface area is 178 Å². The molecule has 0 aromatic heterocycles. The number of hydrogen-bond acceptors (Lipinski definition) is 4. The van der Waals surface area contributed by atoms with Gasteiger partial charge in [0.15, 0.2) is 11.6 Å². The van der Waals surface area contributed by atoms with Crippen molar-refractivity contribution < 1.29 is 22.0 Å². The molecule has 1 N–H and O–H groups in total. The molecule has 0 spiro atoms. The first kappa shape index (κ1) is 23.4. The predicted molar refractivity (Wildman–Crippen MR) is 114 cm³/mol. The van der Waals surface area contributed by atoms with Gasteiger partial charge in [0, 0.05) is 29.1 Å². The van der Waals surface area contributed by atoms with Crippen LogP contribution in [0.25, 0.3) is 0 Å². The summed E-state index contributed by atoms with van der Waals surface area (Å²) < 4.78 is 51.8. The topological polar surface area (TPSA) is 66.5 Å². The van der Waals surface area contributed by atoms with Crippen molar-refractivity contribution in [2.45, 2.75) is 18.7 Å². The summed E-state index contributed by atoms with van der Waals surface area (Å²) in [5.41, 5.74) is 0.938. The average Bonchev–Trinajstić information content (AvgIpc) is 2.63. The summed E-state index contributed by atoms with van der Waals surface area (Å²) in [6, 6.07) is 9.02. The zero-order valence-electron chi connectivity index (χ0n) is 15.9. The largest absolute Gasteiger partial charge is 0.353 e. The number of benzene rings is 2. The average molecular weight is 463 g/mol. The first-order chi connectivity index (χ1) is 13.6. The number of carbonyl (C=O) groups excluding carboxylic acids is 1. The SMILES string of the molecule is C[C@H](C(=O)NCCSCc1cccc(Cl)c1)N(c1ccc(F)c(F)c1)S(C)(=O)=O. The van der Waals surface area contributed by atoms with Gasteiger partial charge in [-0.2, -0.15) is 11.8 Å². The van der Waals surface area contributed by atoms with E-state index in [4.69, 9.17) is 11.6 Å². The molecule has 2 aromatic carbocycles. The van der Waals surface area contributed by atoms with Gasteiger partial charge in [0.05, 0.1) is 11.9 Å². The molecule has 0 radical (unpaired) electrons. The number of carbonyl (C=O) groups is 1. The van der Waals surface area contributed by atoms with Crippen LogP contribution in [0.3, 0.4) is 0 Å². The molecule has 0 aliphatic heterocycles. The summed E-state index contributed by atoms with van der Waals surface area (Å²) in [7, 11) is -3.90. The minimum absolute atomic E-state index is 0.121. The van der Waals surface area contributed by atoms with E-state index in [0.717, 1.165) is 40.1 Å². The number of hydrogen-bond donors (Lipinski definition) is 1. The van der Waals surface area contributed by atoms with Gasteiger partial charge in [-0.25, -0.2) is 17.2 Å². The molecule has 1 amide bonds. The molecule has 29 heavy (non-hydrogen) atoms. The lowest BCUT2D eigenvalue weighted by atomic mass is 10.2. The first-order valence-corrected chi connectivity index (χ1v) is 12.0. The Bertz CT molecular complexity index is 974. The summed E-state index contributed by atoms with van der Waals surface area (Å²) >= 11 is 7.52. The van der Waals surface area contributed by atoms with Crippen molar-refractivity contribution >= 4 is 45.0 Å². The lowest BCUT2D eigenvalue weighted by Gasteiger charge is -2.28. The molecule has 158 valence electrons. The van der Waals surface area contributed by atoms with Gasteiger partial charge in [-0.1, -0.05) is 23.7 Å². The van der Waals surface area contributed by atoms with Crippen molar-refractivity contribution in [3.05, 3.63) is 64.7 Å². The number of rotatable bonds is 9. The Morgan fingerprint density at radius 3 is 2.55 bits per heavy atom. The van der Waals surface area contributed by atoms with E-state index in [2.05, 4.69) is 5.32 Å². The molecule has 0 saturated carbocycles. The highest BCUT2D eigenvalue weighted by molar-refractivity contribution is 7.98. The van der Waals surface area contributed by atoms with Crippen molar-refractivity contribution in [1.82, 2.24) is 5.32 Å². The standard InChI is InChI=1S/C19H21ClF2N2O3S2/c1-13(24(29(2,26)27)16-6-7-17(21)18(22)11-16)19(25)23-8-9-28-12-14-4-3-5-15(20)10-14/h3-7,10-11,13H,8-9,12H2,1-2H3,(H,23,25)/t13-/m1/s1. The Morgan fingerprint density at radius 2 is 1.93 bits per heavy atom. The molecular weight excluding hydrogens is 442 g/mol. The monoisotopic (exact) mass is 462 g/mol. The van der Waals surface area contributed by atoms with E-state index in [1.807, 2.05) is 18.2 Å². The Kier molecular flexibility index (Phi) is 8.30. The third-order valence-corrected chi connectivity index (χ3v) is 6.46. The Hall–Kier alpha value is -1.84. The second-order valence-electron chi connectivity index (χ2n) is 6.31. The molecular formula is C19H21ClF2N2O3S2. The van der Waals surface area contributed by atoms with Crippen LogP contribution in [0, 0.1) is 11.6 Å². The molecule has 0 saturated heterocycles. The van der Waals surface area contributed by atoms with Crippen molar-refractivity contribution in [3.8, 4) is 0 Å². The maximum absolute atomic E-state index is 13.5. The van der Waals surface area contributed by atoms with Gasteiger partial charge < -0.3 is 5.32 Å². The van der Waals surface area contributed by atoms with Gasteiger partial charge in [0.25, 0.3) is 0 Å². The van der Waals surface area contributed by atoms with Crippen LogP contribution < -0.4 is 9.62 Å². The third kappa shape index (κ3) is 6.87. The second kappa shape index (κ2) is 10.3. The van der Waals surface area contributed by atoms with Crippen molar-refractivity contribution in [3.63, 3.8) is 0 Å². The van der Waals surface area contributed by atoms with Crippen LogP contribution in [0.1, 0.15) is 12.5 Å². The summed E-state index contributed by atoms with van der Waals surface area (Å²) in [5, 5.41) is 3.32. The third-order valence-electron chi connectivity index (χ3n) is 3.95. The van der Waals surface area contributed by atoms with E-state index in [1.54, 1.807) is 17.8 Å². The van der Waals surface area contributed by atoms with E-state index in [9.17, 15) is 22.0 Å². The number of halogens is 3. The van der Waals surface area contributed by atoms with Gasteiger partial charge in [-0.05, 0) is 36.8 Å². The Balaban J connectivity index is 1.94. The van der Waals surface area contributed by atoms with Crippen LogP contribution in [0.4, 0.5) is 14.5 Å². The van der Waals surface area contributed by atoms with Crippen LogP contribution >= 0.6 is 23.4 Å². The molecule has 10 heteroatoms. The summed E-state index contributed by atoms with van der Waals surface area (Å²) in [4.78, 5) is 12.4. The van der Waals surface area contributed by atoms with E-state index in [0.29, 0.717) is 17.3 Å². The number of anilines is 1. The highest BCUT2D eigenvalue weighted by atomic mass is 35.5. The second-order valence-corrected chi connectivity index (χ2v) is 9.71. The maximum Gasteiger partial charge on any atom is 0.243 e. The van der Waals surface area contributed by atoms with Crippen molar-refractivity contribution in [2.75, 3.05) is 22.9 Å². The lowest BCUT2D eigenvalue weighted by Crippen LogP contribution is -2.48. The number of nitrogens with one attached hydrogen (secondary N) is 1. The van der Waals surface area contributed by atoms with Gasteiger partial charge in [-0.15, -0.1) is 0 Å². The first-order valence-electron chi connectivity index (χ1n) is 8.64. The van der Waals surface area contributed by atoms with Crippen molar-refractivity contribution in [2.24, 2.45) is 0 Å². The quantitative estimate of drug-likeness (QED) is 0.575. The Morgan fingerprint density at radius 1 is 1.21 bits per heavy atom. The van der Waals surface area contributed by atoms with Crippen LogP contribution in [0.15, 0.2) is 42.5 Å². The van der Waals surface area contributed by atoms with Crippen LogP contribution in [0.2, 0.25) is 5.02 Å². The molecule has 0 heterocycles. The van der Waals surface area contributed by atoms with E-state index in [1.165, 1.54) is 6.92 Å². The zero-order valence-corrected chi connectivity index (χ0v) is 18.3. The summed E-state index contributed by atoms with van der Waals surface area (Å²) in [6.07, 6.45) is 0.902. The van der Waals surface area contributed by atoms with Crippen LogP contribution in [0.5, 0.6) is 0 Å². The summed E-state index contributed by atoms with van der Waals surface area (Å²) in [5.74, 6) is -1.51. The zero-order chi connectivity index (χ0) is 21.6. The van der Waals surface area contributed by atoms with Crippen LogP contribution in [-0.2, 0) is 20.6 Å². The lowest BCUT2D eigenvalue weighted by molar-refractivity contribution is -0.121. The number of sulfonamides is 1. The van der Waals surface area contributed by atoms with Crippen molar-refractivity contribution in [1.29, 1.82) is 0 Å². The molecule has 1 atom stereocenters. The van der Waals surface area contributed by atoms with E-state index < -0.39 is 33.6 Å². The van der Waals surface area contributed by atoms with E-state index >= 15 is 0 Å². The number of nitrogens with zero attached hydrogens (tertiary/aromatic N) is 1. The van der Waals surface area contributed by atoms with Gasteiger partial charge in [0.2, 0.25) is 15.9 Å². The molecule has 0 aliphatic carbocycles. The molecule has 2 aromatic rings. The summed E-state index contributed by atoms with van der Waals surface area (Å²) in [6.45, 7) is 1.71. The maximum atomic E-state index is 13.5. The molecule has 2 rings (SSSR count). The predicted octanol–water partition coefficient (Wildman–Crippen LogP) is 3.82. The minimum atomic E-state index is -3.90. The number of amides is 1. The molecule has 0 aliphatic rings. The molecule has 5 nitrogen and oxygen atoms in total. The fourth-order valence-corrected chi connectivity index (χ4v) is 4.83. The molecule has 0 fully saturated rings. The minimum Gasteiger partial charge on any atom is -0.353 e.